The average molecular weight is 410 g/mol. The van der Waals surface area contributed by atoms with Crippen LogP contribution < -0.4 is 0 Å². The number of hydrogen-bond donors (Lipinski definition) is 1. The van der Waals surface area contributed by atoms with Crippen molar-refractivity contribution in [2.24, 2.45) is 5.92 Å². The molecule has 0 bridgehead atoms. The molecule has 4 nitrogen and oxygen atoms in total. The molecule has 0 amide bonds. The molecule has 2 aromatic carbocycles. The fourth-order valence-corrected chi connectivity index (χ4v) is 4.94. The smallest absolute Gasteiger partial charge is 0.243 e. The summed E-state index contributed by atoms with van der Waals surface area (Å²) in [6.07, 6.45) is 2.08. The normalized spacial score (nSPS) is 13.3. The Kier molecular flexibility index (Phi) is 8.29. The van der Waals surface area contributed by atoms with Crippen molar-refractivity contribution in [1.29, 1.82) is 0 Å². The topological polar surface area (TPSA) is 57.6 Å². The van der Waals surface area contributed by atoms with Crippen LogP contribution in [0.2, 0.25) is 5.02 Å². The van der Waals surface area contributed by atoms with Crippen LogP contribution in [0, 0.1) is 5.92 Å². The highest BCUT2D eigenvalue weighted by molar-refractivity contribution is 7.89. The third-order valence-corrected chi connectivity index (χ3v) is 6.69. The van der Waals surface area contributed by atoms with Crippen molar-refractivity contribution >= 4 is 21.6 Å². The second-order valence-electron chi connectivity index (χ2n) is 7.12. The van der Waals surface area contributed by atoms with Crippen molar-refractivity contribution in [3.05, 3.63) is 65.2 Å². The highest BCUT2D eigenvalue weighted by atomic mass is 35.5. The van der Waals surface area contributed by atoms with Crippen LogP contribution in [0.5, 0.6) is 0 Å². The molecule has 0 radical (unpaired) electrons. The summed E-state index contributed by atoms with van der Waals surface area (Å²) in [5, 5.41) is 10.4. The van der Waals surface area contributed by atoms with Gasteiger partial charge in [-0.3, -0.25) is 0 Å². The minimum absolute atomic E-state index is 0.198. The molecular weight excluding hydrogens is 382 g/mol. The molecule has 0 fully saturated rings. The summed E-state index contributed by atoms with van der Waals surface area (Å²) < 4.78 is 27.9. The lowest BCUT2D eigenvalue weighted by Gasteiger charge is -2.31. The van der Waals surface area contributed by atoms with Gasteiger partial charge in [0.1, 0.15) is 0 Å². The first-order chi connectivity index (χ1) is 12.8. The number of halogens is 1. The fraction of sp³-hybridized carbons (Fsp3) is 0.429. The largest absolute Gasteiger partial charge is 0.395 e. The van der Waals surface area contributed by atoms with E-state index >= 15 is 0 Å². The maximum atomic E-state index is 13.2. The van der Waals surface area contributed by atoms with Gasteiger partial charge < -0.3 is 5.11 Å². The van der Waals surface area contributed by atoms with Gasteiger partial charge in [-0.05, 0) is 55.0 Å². The van der Waals surface area contributed by atoms with Crippen molar-refractivity contribution in [2.75, 3.05) is 13.2 Å². The maximum Gasteiger partial charge on any atom is 0.243 e. The summed E-state index contributed by atoms with van der Waals surface area (Å²) in [5.41, 5.74) is 1.17. The van der Waals surface area contributed by atoms with Gasteiger partial charge >= 0.3 is 0 Å². The molecule has 1 unspecified atom stereocenters. The van der Waals surface area contributed by atoms with Gasteiger partial charge in [0.2, 0.25) is 10.0 Å². The lowest BCUT2D eigenvalue weighted by molar-refractivity contribution is 0.167. The molecule has 1 N–H and O–H groups in total. The monoisotopic (exact) mass is 409 g/mol. The number of aryl methyl sites for hydroxylation is 1. The molecule has 0 aromatic heterocycles. The molecule has 0 aliphatic heterocycles. The van der Waals surface area contributed by atoms with Crippen molar-refractivity contribution in [2.45, 2.75) is 44.0 Å². The van der Waals surface area contributed by atoms with E-state index < -0.39 is 16.1 Å². The Hall–Kier alpha value is -1.40. The Bertz CT molecular complexity index is 792. The maximum absolute atomic E-state index is 13.2. The Labute approximate surface area is 167 Å². The van der Waals surface area contributed by atoms with Crippen LogP contribution in [-0.2, 0) is 16.4 Å². The van der Waals surface area contributed by atoms with Crippen LogP contribution in [0.25, 0.3) is 0 Å². The molecule has 2 aromatic rings. The zero-order chi connectivity index (χ0) is 19.9. The molecule has 1 atom stereocenters. The van der Waals surface area contributed by atoms with E-state index in [9.17, 15) is 13.5 Å². The average Bonchev–Trinajstić information content (AvgIpc) is 2.64. The van der Waals surface area contributed by atoms with Gasteiger partial charge in [0.15, 0.2) is 0 Å². The van der Waals surface area contributed by atoms with Crippen molar-refractivity contribution in [3.8, 4) is 0 Å². The highest BCUT2D eigenvalue weighted by Gasteiger charge is 2.31. The van der Waals surface area contributed by atoms with Crippen LogP contribution in [0.3, 0.4) is 0 Å². The Morgan fingerprint density at radius 3 is 2.22 bits per heavy atom. The van der Waals surface area contributed by atoms with Gasteiger partial charge in [-0.2, -0.15) is 4.31 Å². The van der Waals surface area contributed by atoms with Gasteiger partial charge in [-0.1, -0.05) is 55.8 Å². The summed E-state index contributed by atoms with van der Waals surface area (Å²) in [4.78, 5) is 0.203. The Morgan fingerprint density at radius 2 is 1.67 bits per heavy atom. The molecule has 0 aliphatic rings. The first-order valence-corrected chi connectivity index (χ1v) is 11.1. The molecule has 0 saturated heterocycles. The summed E-state index contributed by atoms with van der Waals surface area (Å²) in [5.74, 6) is 0.277. The van der Waals surface area contributed by atoms with E-state index in [1.54, 1.807) is 12.1 Å². The number of benzene rings is 2. The second-order valence-corrected chi connectivity index (χ2v) is 9.45. The van der Waals surface area contributed by atoms with Gasteiger partial charge in [0.25, 0.3) is 0 Å². The van der Waals surface area contributed by atoms with E-state index in [1.807, 2.05) is 44.2 Å². The zero-order valence-electron chi connectivity index (χ0n) is 15.9. The Morgan fingerprint density at radius 1 is 1.04 bits per heavy atom. The van der Waals surface area contributed by atoms with Gasteiger partial charge in [-0.25, -0.2) is 8.42 Å². The molecule has 148 valence electrons. The number of nitrogens with zero attached hydrogens (tertiary/aromatic N) is 1. The number of hydrogen-bond acceptors (Lipinski definition) is 3. The van der Waals surface area contributed by atoms with E-state index in [-0.39, 0.29) is 17.4 Å². The van der Waals surface area contributed by atoms with Crippen molar-refractivity contribution < 1.29 is 13.5 Å². The minimum Gasteiger partial charge on any atom is -0.395 e. The molecule has 0 saturated carbocycles. The summed E-state index contributed by atoms with van der Waals surface area (Å²) in [6, 6.07) is 15.7. The van der Waals surface area contributed by atoms with E-state index in [0.29, 0.717) is 24.4 Å². The van der Waals surface area contributed by atoms with Crippen LogP contribution in [0.1, 0.15) is 32.3 Å². The first-order valence-electron chi connectivity index (χ1n) is 9.26. The number of rotatable bonds is 10. The molecule has 0 aliphatic carbocycles. The first kappa shape index (κ1) is 21.9. The molecule has 27 heavy (non-hydrogen) atoms. The zero-order valence-corrected chi connectivity index (χ0v) is 17.5. The van der Waals surface area contributed by atoms with E-state index in [0.717, 1.165) is 6.42 Å². The highest BCUT2D eigenvalue weighted by Crippen LogP contribution is 2.24. The van der Waals surface area contributed by atoms with Crippen molar-refractivity contribution in [3.63, 3.8) is 0 Å². The molecule has 2 rings (SSSR count). The summed E-state index contributed by atoms with van der Waals surface area (Å²) >= 11 is 5.90. The lowest BCUT2D eigenvalue weighted by atomic mass is 10.0. The van der Waals surface area contributed by atoms with E-state index in [2.05, 4.69) is 0 Å². The van der Waals surface area contributed by atoms with Gasteiger partial charge in [-0.15, -0.1) is 0 Å². The van der Waals surface area contributed by atoms with E-state index in [4.69, 9.17) is 11.6 Å². The summed E-state index contributed by atoms with van der Waals surface area (Å²) in [7, 11) is -3.71. The molecular formula is C21H28ClNO3S. The molecule has 0 heterocycles. The predicted octanol–water partition coefficient (Wildman–Crippen LogP) is 4.37. The van der Waals surface area contributed by atoms with Gasteiger partial charge in [0.05, 0.1) is 11.5 Å². The lowest BCUT2D eigenvalue weighted by Crippen LogP contribution is -2.43. The van der Waals surface area contributed by atoms with E-state index in [1.165, 1.54) is 22.0 Å². The minimum atomic E-state index is -3.71. The third kappa shape index (κ3) is 6.32. The summed E-state index contributed by atoms with van der Waals surface area (Å²) in [6.45, 7) is 4.22. The quantitative estimate of drug-likeness (QED) is 0.633. The van der Waals surface area contributed by atoms with Crippen LogP contribution in [0.4, 0.5) is 0 Å². The number of aliphatic hydroxyl groups is 1. The van der Waals surface area contributed by atoms with Gasteiger partial charge in [0, 0.05) is 17.6 Å². The van der Waals surface area contributed by atoms with Crippen molar-refractivity contribution in [1.82, 2.24) is 4.31 Å². The number of aliphatic hydroxyl groups excluding tert-OH is 1. The fourth-order valence-electron chi connectivity index (χ4n) is 3.15. The standard InChI is InChI=1S/C21H28ClNO3S/c1-17(2)15-20(16-24)23(14-6-9-18-7-4-3-5-8-18)27(25,26)21-12-10-19(22)11-13-21/h3-5,7-8,10-13,17,20,24H,6,9,14-16H2,1-2H3. The second kappa shape index (κ2) is 10.2. The number of sulfonamides is 1. The SMILES string of the molecule is CC(C)CC(CO)N(CCCc1ccccc1)S(=O)(=O)c1ccc(Cl)cc1. The molecule has 0 spiro atoms. The van der Waals surface area contributed by atoms with Crippen LogP contribution in [0.15, 0.2) is 59.5 Å². The predicted molar refractivity (Wildman–Crippen MR) is 110 cm³/mol. The van der Waals surface area contributed by atoms with Crippen LogP contribution in [-0.4, -0.2) is 37.0 Å². The van der Waals surface area contributed by atoms with Crippen LogP contribution >= 0.6 is 11.6 Å². The molecule has 6 heteroatoms. The third-order valence-electron chi connectivity index (χ3n) is 4.47. The Balaban J connectivity index is 2.23.